The van der Waals surface area contributed by atoms with Gasteiger partial charge in [0.1, 0.15) is 0 Å². The summed E-state index contributed by atoms with van der Waals surface area (Å²) in [5, 5.41) is 15.1. The third-order valence-corrected chi connectivity index (χ3v) is 3.94. The summed E-state index contributed by atoms with van der Waals surface area (Å²) in [6, 6.07) is 10.6. The molecule has 9 heteroatoms. The van der Waals surface area contributed by atoms with E-state index in [0.29, 0.717) is 33.0 Å². The summed E-state index contributed by atoms with van der Waals surface area (Å²) in [7, 11) is 0. The lowest BCUT2D eigenvalue weighted by Gasteiger charge is -2.09. The van der Waals surface area contributed by atoms with Crippen LogP contribution in [0.15, 0.2) is 42.6 Å². The molecular weight excluding hydrogens is 365 g/mol. The maximum Gasteiger partial charge on any atom is 0.249 e. The molecule has 2 aromatic carbocycles. The van der Waals surface area contributed by atoms with E-state index in [4.69, 9.17) is 32.7 Å². The molecule has 0 aliphatic carbocycles. The molecule has 7 nitrogen and oxygen atoms in total. The first kappa shape index (κ1) is 15.7. The highest BCUT2D eigenvalue weighted by molar-refractivity contribution is 6.35. The summed E-state index contributed by atoms with van der Waals surface area (Å²) >= 11 is 12.1. The summed E-state index contributed by atoms with van der Waals surface area (Å²) in [6.45, 7) is 0.225. The van der Waals surface area contributed by atoms with Crippen molar-refractivity contribution in [1.82, 2.24) is 15.2 Å². The van der Waals surface area contributed by atoms with E-state index in [1.807, 2.05) is 18.2 Å². The predicted octanol–water partition coefficient (Wildman–Crippen LogP) is 4.39. The van der Waals surface area contributed by atoms with Gasteiger partial charge < -0.3 is 20.1 Å². The minimum Gasteiger partial charge on any atom is -0.454 e. The Balaban J connectivity index is 1.54. The van der Waals surface area contributed by atoms with E-state index in [2.05, 4.69) is 25.8 Å². The van der Waals surface area contributed by atoms with E-state index in [-0.39, 0.29) is 12.7 Å². The van der Waals surface area contributed by atoms with E-state index in [9.17, 15) is 0 Å². The molecule has 126 valence electrons. The maximum absolute atomic E-state index is 6.13. The molecule has 4 rings (SSSR count). The number of benzene rings is 2. The van der Waals surface area contributed by atoms with Crippen molar-refractivity contribution < 1.29 is 9.47 Å². The van der Waals surface area contributed by atoms with Gasteiger partial charge in [0.25, 0.3) is 0 Å². The Morgan fingerprint density at radius 3 is 2.76 bits per heavy atom. The predicted molar refractivity (Wildman–Crippen MR) is 95.4 cm³/mol. The Hall–Kier alpha value is -2.77. The average molecular weight is 376 g/mol. The van der Waals surface area contributed by atoms with Crippen LogP contribution in [0, 0.1) is 0 Å². The van der Waals surface area contributed by atoms with Crippen LogP contribution in [0.1, 0.15) is 0 Å². The number of hydrogen-bond acceptors (Lipinski definition) is 7. The molecular formula is C16H11Cl2N5O2. The highest BCUT2D eigenvalue weighted by Gasteiger charge is 2.13. The second-order valence-electron chi connectivity index (χ2n) is 5.11. The quantitative estimate of drug-likeness (QED) is 0.699. The zero-order valence-electron chi connectivity index (χ0n) is 12.7. The normalized spacial score (nSPS) is 12.1. The minimum atomic E-state index is 0.225. The Bertz CT molecular complexity index is 938. The van der Waals surface area contributed by atoms with Crippen molar-refractivity contribution in [3.63, 3.8) is 0 Å². The van der Waals surface area contributed by atoms with Crippen LogP contribution in [0.25, 0.3) is 0 Å². The standard InChI is InChI=1S/C16H11Cl2N5O2/c17-9-1-3-11(18)12(5-9)21-16-22-15(7-19-23-16)20-10-2-4-13-14(6-10)25-8-24-13/h1-7H,8H2,(H2,20,21,22,23). The molecule has 1 aliphatic rings. The van der Waals surface area contributed by atoms with E-state index in [0.717, 1.165) is 5.69 Å². The molecule has 1 aliphatic heterocycles. The Kier molecular flexibility index (Phi) is 4.17. The topological polar surface area (TPSA) is 81.2 Å². The van der Waals surface area contributed by atoms with Crippen LogP contribution in [-0.4, -0.2) is 22.0 Å². The van der Waals surface area contributed by atoms with E-state index >= 15 is 0 Å². The van der Waals surface area contributed by atoms with Gasteiger partial charge in [0.05, 0.1) is 16.9 Å². The lowest BCUT2D eigenvalue weighted by molar-refractivity contribution is 0.174. The minimum absolute atomic E-state index is 0.225. The lowest BCUT2D eigenvalue weighted by atomic mass is 10.3. The first-order valence-corrected chi connectivity index (χ1v) is 8.01. The molecule has 2 heterocycles. The molecule has 0 amide bonds. The van der Waals surface area contributed by atoms with Crippen LogP contribution in [0.3, 0.4) is 0 Å². The Morgan fingerprint density at radius 2 is 1.84 bits per heavy atom. The van der Waals surface area contributed by atoms with Crippen molar-refractivity contribution in [2.45, 2.75) is 0 Å². The Labute approximate surface area is 152 Å². The number of anilines is 4. The van der Waals surface area contributed by atoms with Gasteiger partial charge in [0.15, 0.2) is 17.3 Å². The van der Waals surface area contributed by atoms with E-state index in [1.165, 1.54) is 6.20 Å². The van der Waals surface area contributed by atoms with Gasteiger partial charge in [-0.15, -0.1) is 5.10 Å². The lowest BCUT2D eigenvalue weighted by Crippen LogP contribution is -2.02. The van der Waals surface area contributed by atoms with E-state index in [1.54, 1.807) is 18.2 Å². The highest BCUT2D eigenvalue weighted by Crippen LogP contribution is 2.35. The molecule has 0 fully saturated rings. The summed E-state index contributed by atoms with van der Waals surface area (Å²) in [5.41, 5.74) is 1.38. The zero-order valence-corrected chi connectivity index (χ0v) is 14.2. The van der Waals surface area contributed by atoms with Crippen molar-refractivity contribution in [3.8, 4) is 11.5 Å². The van der Waals surface area contributed by atoms with E-state index < -0.39 is 0 Å². The average Bonchev–Trinajstić information content (AvgIpc) is 3.06. The van der Waals surface area contributed by atoms with Gasteiger partial charge in [0, 0.05) is 16.8 Å². The molecule has 25 heavy (non-hydrogen) atoms. The number of aromatic nitrogens is 3. The molecule has 0 unspecified atom stereocenters. The zero-order chi connectivity index (χ0) is 17.2. The van der Waals surface area contributed by atoms with Crippen LogP contribution in [-0.2, 0) is 0 Å². The fourth-order valence-electron chi connectivity index (χ4n) is 2.25. The van der Waals surface area contributed by atoms with Crippen LogP contribution in [0.4, 0.5) is 23.1 Å². The van der Waals surface area contributed by atoms with Crippen molar-refractivity contribution >= 4 is 46.3 Å². The van der Waals surface area contributed by atoms with Crippen molar-refractivity contribution in [3.05, 3.63) is 52.6 Å². The molecule has 2 N–H and O–H groups in total. The van der Waals surface area contributed by atoms with Crippen molar-refractivity contribution in [2.24, 2.45) is 0 Å². The van der Waals surface area contributed by atoms with Gasteiger partial charge in [0.2, 0.25) is 12.7 Å². The number of nitrogens with zero attached hydrogens (tertiary/aromatic N) is 3. The number of ether oxygens (including phenoxy) is 2. The molecule has 0 radical (unpaired) electrons. The fraction of sp³-hybridized carbons (Fsp3) is 0.0625. The molecule has 1 aromatic heterocycles. The first-order valence-electron chi connectivity index (χ1n) is 7.26. The summed E-state index contributed by atoms with van der Waals surface area (Å²) < 4.78 is 10.6. The van der Waals surface area contributed by atoms with Gasteiger partial charge in [-0.05, 0) is 30.3 Å². The fourth-order valence-corrected chi connectivity index (χ4v) is 2.59. The van der Waals surface area contributed by atoms with Crippen molar-refractivity contribution in [2.75, 3.05) is 17.4 Å². The van der Waals surface area contributed by atoms with Gasteiger partial charge in [-0.25, -0.2) is 0 Å². The molecule has 0 bridgehead atoms. The van der Waals surface area contributed by atoms with Gasteiger partial charge in [-0.2, -0.15) is 10.1 Å². The monoisotopic (exact) mass is 375 g/mol. The van der Waals surface area contributed by atoms with Crippen LogP contribution in [0.5, 0.6) is 11.5 Å². The molecule has 0 saturated heterocycles. The molecule has 0 saturated carbocycles. The largest absolute Gasteiger partial charge is 0.454 e. The summed E-state index contributed by atoms with van der Waals surface area (Å²) in [4.78, 5) is 4.36. The third-order valence-electron chi connectivity index (χ3n) is 3.38. The number of rotatable bonds is 4. The number of nitrogens with one attached hydrogen (secondary N) is 2. The SMILES string of the molecule is Clc1ccc(Cl)c(Nc2nncc(Nc3ccc4c(c3)OCO4)n2)c1. The van der Waals surface area contributed by atoms with Gasteiger partial charge in [-0.3, -0.25) is 0 Å². The van der Waals surface area contributed by atoms with Crippen LogP contribution in [0.2, 0.25) is 10.0 Å². The maximum atomic E-state index is 6.13. The van der Waals surface area contributed by atoms with Crippen LogP contribution < -0.4 is 20.1 Å². The number of fused-ring (bicyclic) bond motifs is 1. The Morgan fingerprint density at radius 1 is 0.960 bits per heavy atom. The first-order chi connectivity index (χ1) is 12.2. The smallest absolute Gasteiger partial charge is 0.249 e. The third kappa shape index (κ3) is 3.52. The number of halogens is 2. The summed E-state index contributed by atoms with van der Waals surface area (Å²) in [6.07, 6.45) is 1.51. The van der Waals surface area contributed by atoms with Gasteiger partial charge in [-0.1, -0.05) is 23.2 Å². The van der Waals surface area contributed by atoms with Crippen LogP contribution >= 0.6 is 23.2 Å². The second-order valence-corrected chi connectivity index (χ2v) is 5.95. The number of hydrogen-bond donors (Lipinski definition) is 2. The van der Waals surface area contributed by atoms with Gasteiger partial charge >= 0.3 is 0 Å². The summed E-state index contributed by atoms with van der Waals surface area (Å²) in [5.74, 6) is 2.19. The molecule has 0 atom stereocenters. The highest BCUT2D eigenvalue weighted by atomic mass is 35.5. The second kappa shape index (κ2) is 6.62. The molecule has 3 aromatic rings. The molecule has 0 spiro atoms. The van der Waals surface area contributed by atoms with Crippen molar-refractivity contribution in [1.29, 1.82) is 0 Å².